The van der Waals surface area contributed by atoms with E-state index in [4.69, 9.17) is 10.4 Å². The van der Waals surface area contributed by atoms with Crippen LogP contribution in [0.4, 0.5) is 0 Å². The fraction of sp³-hybridized carbons (Fsp3) is 0.250. The molecule has 7 heteroatoms. The maximum absolute atomic E-state index is 11.4. The van der Waals surface area contributed by atoms with Crippen LogP contribution in [0, 0.1) is 11.3 Å². The average molecular weight is 209 g/mol. The maximum atomic E-state index is 11.4. The van der Waals surface area contributed by atoms with Crippen LogP contribution in [0.5, 0.6) is 0 Å². The van der Waals surface area contributed by atoms with Crippen molar-refractivity contribution in [1.29, 1.82) is 5.26 Å². The minimum Gasteiger partial charge on any atom is -0.480 e. The number of rotatable bonds is 2. The summed E-state index contributed by atoms with van der Waals surface area (Å²) in [5.74, 6) is -1.32. The first kappa shape index (κ1) is 10.7. The number of hydrogen-bond acceptors (Lipinski definition) is 4. The molecule has 1 N–H and O–H groups in total. The molecule has 0 radical (unpaired) electrons. The van der Waals surface area contributed by atoms with Crippen LogP contribution in [-0.4, -0.2) is 20.2 Å². The second-order valence-corrected chi connectivity index (χ2v) is 2.83. The molecule has 0 spiro atoms. The molecule has 0 saturated carbocycles. The fourth-order valence-electron chi connectivity index (χ4n) is 1.08. The zero-order valence-corrected chi connectivity index (χ0v) is 7.80. The van der Waals surface area contributed by atoms with Crippen molar-refractivity contribution in [3.63, 3.8) is 0 Å². The smallest absolute Gasteiger partial charge is 0.331 e. The van der Waals surface area contributed by atoms with Gasteiger partial charge in [-0.1, -0.05) is 0 Å². The number of aryl methyl sites for hydroxylation is 1. The Kier molecular flexibility index (Phi) is 2.71. The summed E-state index contributed by atoms with van der Waals surface area (Å²) in [5.41, 5.74) is -1.91. The number of carboxylic acid groups (broad SMARTS) is 1. The third kappa shape index (κ3) is 1.94. The predicted molar refractivity (Wildman–Crippen MR) is 48.3 cm³/mol. The van der Waals surface area contributed by atoms with E-state index in [1.54, 1.807) is 6.07 Å². The third-order valence-electron chi connectivity index (χ3n) is 1.74. The first-order valence-corrected chi connectivity index (χ1v) is 3.89. The highest BCUT2D eigenvalue weighted by molar-refractivity contribution is 5.66. The van der Waals surface area contributed by atoms with Gasteiger partial charge in [0.2, 0.25) is 0 Å². The fourth-order valence-corrected chi connectivity index (χ4v) is 1.08. The van der Waals surface area contributed by atoms with Gasteiger partial charge in [0.1, 0.15) is 18.2 Å². The zero-order chi connectivity index (χ0) is 11.6. The Labute approximate surface area is 83.4 Å². The van der Waals surface area contributed by atoms with Gasteiger partial charge < -0.3 is 9.67 Å². The minimum atomic E-state index is -1.32. The molecule has 78 valence electrons. The quantitative estimate of drug-likeness (QED) is 0.638. The molecule has 0 saturated heterocycles. The standard InChI is InChI=1S/C8H7N3O4/c1-10-3-5(2-9)7(14)11(8(10)15)4-6(12)13/h3H,4H2,1H3,(H,12,13). The van der Waals surface area contributed by atoms with Gasteiger partial charge in [0.15, 0.2) is 0 Å². The van der Waals surface area contributed by atoms with E-state index in [1.165, 1.54) is 7.05 Å². The molecule has 1 aromatic rings. The molecule has 0 aromatic carbocycles. The van der Waals surface area contributed by atoms with Gasteiger partial charge >= 0.3 is 11.7 Å². The van der Waals surface area contributed by atoms with Crippen LogP contribution in [0.1, 0.15) is 5.56 Å². The first-order valence-electron chi connectivity index (χ1n) is 3.89. The lowest BCUT2D eigenvalue weighted by Gasteiger charge is -2.04. The summed E-state index contributed by atoms with van der Waals surface area (Å²) in [4.78, 5) is 33.1. The lowest BCUT2D eigenvalue weighted by atomic mass is 10.3. The summed E-state index contributed by atoms with van der Waals surface area (Å²) >= 11 is 0. The molecule has 7 nitrogen and oxygen atoms in total. The molecule has 1 rings (SSSR count). The van der Waals surface area contributed by atoms with Crippen molar-refractivity contribution in [2.45, 2.75) is 6.54 Å². The molecule has 0 amide bonds. The first-order chi connectivity index (χ1) is 6.97. The van der Waals surface area contributed by atoms with E-state index in [1.807, 2.05) is 0 Å². The molecular weight excluding hydrogens is 202 g/mol. The Hall–Kier alpha value is -2.36. The Morgan fingerprint density at radius 1 is 1.60 bits per heavy atom. The van der Waals surface area contributed by atoms with E-state index in [9.17, 15) is 14.4 Å². The highest BCUT2D eigenvalue weighted by Gasteiger charge is 2.11. The summed E-state index contributed by atoms with van der Waals surface area (Å²) in [6, 6.07) is 1.59. The van der Waals surface area contributed by atoms with Crippen LogP contribution >= 0.6 is 0 Å². The van der Waals surface area contributed by atoms with Gasteiger partial charge in [0.05, 0.1) is 0 Å². The van der Waals surface area contributed by atoms with Gasteiger partial charge in [0.25, 0.3) is 5.56 Å². The molecule has 1 heterocycles. The summed E-state index contributed by atoms with van der Waals surface area (Å²) < 4.78 is 1.49. The van der Waals surface area contributed by atoms with Gasteiger partial charge in [-0.3, -0.25) is 9.59 Å². The molecule has 0 aliphatic rings. The van der Waals surface area contributed by atoms with Gasteiger partial charge in [-0.15, -0.1) is 0 Å². The van der Waals surface area contributed by atoms with Crippen molar-refractivity contribution >= 4 is 5.97 Å². The van der Waals surface area contributed by atoms with E-state index < -0.39 is 23.8 Å². The molecule has 0 fully saturated rings. The molecular formula is C8H7N3O4. The number of carboxylic acids is 1. The van der Waals surface area contributed by atoms with E-state index in [0.717, 1.165) is 10.8 Å². The second kappa shape index (κ2) is 3.79. The average Bonchev–Trinajstić information content (AvgIpc) is 2.18. The van der Waals surface area contributed by atoms with E-state index in [0.29, 0.717) is 4.57 Å². The molecule has 0 atom stereocenters. The zero-order valence-electron chi connectivity index (χ0n) is 7.80. The summed E-state index contributed by atoms with van der Waals surface area (Å²) in [7, 11) is 1.33. The van der Waals surface area contributed by atoms with E-state index >= 15 is 0 Å². The summed E-state index contributed by atoms with van der Waals surface area (Å²) in [6.45, 7) is -0.749. The molecule has 15 heavy (non-hydrogen) atoms. The Bertz CT molecular complexity index is 561. The van der Waals surface area contributed by atoms with Crippen molar-refractivity contribution < 1.29 is 9.90 Å². The summed E-state index contributed by atoms with van der Waals surface area (Å²) in [5, 5.41) is 17.0. The highest BCUT2D eigenvalue weighted by atomic mass is 16.4. The monoisotopic (exact) mass is 209 g/mol. The van der Waals surface area contributed by atoms with Crippen LogP contribution in [0.15, 0.2) is 15.8 Å². The predicted octanol–water partition coefficient (Wildman–Crippen LogP) is -1.50. The number of carbonyl (C=O) groups is 1. The van der Waals surface area contributed by atoms with Crippen LogP contribution in [-0.2, 0) is 18.4 Å². The number of nitriles is 1. The number of aromatic nitrogens is 2. The van der Waals surface area contributed by atoms with Crippen LogP contribution in [0.2, 0.25) is 0 Å². The summed E-state index contributed by atoms with van der Waals surface area (Å²) in [6.07, 6.45) is 1.07. The minimum absolute atomic E-state index is 0.265. The van der Waals surface area contributed by atoms with Crippen molar-refractivity contribution in [3.8, 4) is 6.07 Å². The number of aliphatic carboxylic acids is 1. The Balaban J connectivity index is 3.57. The SMILES string of the molecule is Cn1cc(C#N)c(=O)n(CC(=O)O)c1=O. The lowest BCUT2D eigenvalue weighted by molar-refractivity contribution is -0.137. The van der Waals surface area contributed by atoms with E-state index in [2.05, 4.69) is 0 Å². The van der Waals surface area contributed by atoms with Crippen molar-refractivity contribution in [3.05, 3.63) is 32.6 Å². The highest BCUT2D eigenvalue weighted by Crippen LogP contribution is 1.84. The van der Waals surface area contributed by atoms with Crippen LogP contribution in [0.25, 0.3) is 0 Å². The third-order valence-corrected chi connectivity index (χ3v) is 1.74. The molecule has 0 aliphatic carbocycles. The van der Waals surface area contributed by atoms with Crippen LogP contribution < -0.4 is 11.2 Å². The Morgan fingerprint density at radius 2 is 2.20 bits per heavy atom. The van der Waals surface area contributed by atoms with Crippen molar-refractivity contribution in [2.24, 2.45) is 7.05 Å². The molecule has 0 bridgehead atoms. The van der Waals surface area contributed by atoms with Gasteiger partial charge in [-0.25, -0.2) is 9.36 Å². The van der Waals surface area contributed by atoms with Crippen LogP contribution in [0.3, 0.4) is 0 Å². The normalized spacial score (nSPS) is 9.60. The topological polar surface area (TPSA) is 105 Å². The van der Waals surface area contributed by atoms with Gasteiger partial charge in [0, 0.05) is 13.2 Å². The Morgan fingerprint density at radius 3 is 2.67 bits per heavy atom. The van der Waals surface area contributed by atoms with Gasteiger partial charge in [-0.2, -0.15) is 5.26 Å². The largest absolute Gasteiger partial charge is 0.480 e. The second-order valence-electron chi connectivity index (χ2n) is 2.83. The van der Waals surface area contributed by atoms with E-state index in [-0.39, 0.29) is 5.56 Å². The molecule has 0 aliphatic heterocycles. The lowest BCUT2D eigenvalue weighted by Crippen LogP contribution is -2.41. The molecule has 0 unspecified atom stereocenters. The maximum Gasteiger partial charge on any atom is 0.331 e. The number of hydrogen-bond donors (Lipinski definition) is 1. The molecule has 1 aromatic heterocycles. The van der Waals surface area contributed by atoms with Gasteiger partial charge in [-0.05, 0) is 0 Å². The number of nitrogens with zero attached hydrogens (tertiary/aromatic N) is 3. The van der Waals surface area contributed by atoms with Crippen molar-refractivity contribution in [2.75, 3.05) is 0 Å². The van der Waals surface area contributed by atoms with Crippen molar-refractivity contribution in [1.82, 2.24) is 9.13 Å².